The molecule has 1 aliphatic carbocycles. The summed E-state index contributed by atoms with van der Waals surface area (Å²) in [7, 11) is 0. The van der Waals surface area contributed by atoms with E-state index in [-0.39, 0.29) is 6.61 Å². The number of aromatic nitrogens is 3. The summed E-state index contributed by atoms with van der Waals surface area (Å²) < 4.78 is 5.99. The van der Waals surface area contributed by atoms with Crippen molar-refractivity contribution in [2.75, 3.05) is 30.3 Å². The maximum absolute atomic E-state index is 8.98. The zero-order chi connectivity index (χ0) is 21.5. The van der Waals surface area contributed by atoms with Crippen LogP contribution >= 0.6 is 0 Å². The number of aliphatic hydroxyl groups excluding tert-OH is 1. The van der Waals surface area contributed by atoms with Crippen LogP contribution in [0.4, 0.5) is 11.6 Å². The molecule has 2 heterocycles. The van der Waals surface area contributed by atoms with E-state index in [0.29, 0.717) is 24.0 Å². The van der Waals surface area contributed by atoms with Gasteiger partial charge >= 0.3 is 0 Å². The van der Waals surface area contributed by atoms with Gasteiger partial charge in [-0.05, 0) is 37.0 Å². The highest BCUT2D eigenvalue weighted by Gasteiger charge is 2.24. The number of aliphatic hydroxyl groups is 1. The van der Waals surface area contributed by atoms with E-state index in [0.717, 1.165) is 48.6 Å². The van der Waals surface area contributed by atoms with Crippen molar-refractivity contribution in [3.8, 4) is 17.0 Å². The minimum Gasteiger partial charge on any atom is -0.490 e. The molecular weight excluding hydrogens is 392 g/mol. The lowest BCUT2D eigenvalue weighted by atomic mass is 10.1. The fourth-order valence-electron chi connectivity index (χ4n) is 3.18. The van der Waals surface area contributed by atoms with Crippen LogP contribution in [0.25, 0.3) is 11.3 Å². The molecule has 1 saturated carbocycles. The summed E-state index contributed by atoms with van der Waals surface area (Å²) in [6.07, 6.45) is 7.94. The predicted molar refractivity (Wildman–Crippen MR) is 121 cm³/mol. The quantitative estimate of drug-likeness (QED) is 0.354. The van der Waals surface area contributed by atoms with Crippen LogP contribution in [-0.4, -0.2) is 52.1 Å². The number of para-hydroxylation sites is 1. The largest absolute Gasteiger partial charge is 0.490 e. The van der Waals surface area contributed by atoms with Crippen LogP contribution in [0, 0.1) is 5.41 Å². The van der Waals surface area contributed by atoms with Crippen molar-refractivity contribution >= 4 is 17.9 Å². The Balaban J connectivity index is 1.41. The average Bonchev–Trinajstić information content (AvgIpc) is 3.63. The number of rotatable bonds is 11. The Morgan fingerprint density at radius 2 is 1.97 bits per heavy atom. The Morgan fingerprint density at radius 3 is 2.77 bits per heavy atom. The first-order valence-corrected chi connectivity index (χ1v) is 10.4. The van der Waals surface area contributed by atoms with Gasteiger partial charge in [-0.15, -0.1) is 0 Å². The fraction of sp³-hybridized carbons (Fsp3) is 0.304. The summed E-state index contributed by atoms with van der Waals surface area (Å²) in [5.41, 5.74) is 3.33. The van der Waals surface area contributed by atoms with Crippen LogP contribution in [0.3, 0.4) is 0 Å². The maximum Gasteiger partial charge on any atom is 0.134 e. The van der Waals surface area contributed by atoms with Crippen molar-refractivity contribution in [1.82, 2.24) is 15.0 Å². The molecule has 0 atom stereocenters. The second kappa shape index (κ2) is 9.99. The topological polar surface area (TPSA) is 116 Å². The van der Waals surface area contributed by atoms with Gasteiger partial charge < -0.3 is 25.9 Å². The van der Waals surface area contributed by atoms with Crippen molar-refractivity contribution in [2.24, 2.45) is 0 Å². The average molecular weight is 419 g/mol. The van der Waals surface area contributed by atoms with E-state index in [1.807, 2.05) is 30.3 Å². The second-order valence-electron chi connectivity index (χ2n) is 7.35. The number of anilines is 2. The minimum atomic E-state index is -0.001000. The summed E-state index contributed by atoms with van der Waals surface area (Å²) in [4.78, 5) is 13.0. The van der Waals surface area contributed by atoms with Gasteiger partial charge in [-0.1, -0.05) is 18.2 Å². The Kier molecular flexibility index (Phi) is 6.68. The van der Waals surface area contributed by atoms with Gasteiger partial charge in [-0.3, -0.25) is 0 Å². The van der Waals surface area contributed by atoms with Gasteiger partial charge in [0.15, 0.2) is 0 Å². The maximum atomic E-state index is 8.98. The molecular formula is C23H26N6O2. The highest BCUT2D eigenvalue weighted by atomic mass is 16.5. The molecule has 0 aliphatic heterocycles. The highest BCUT2D eigenvalue weighted by molar-refractivity contribution is 5.86. The monoisotopic (exact) mass is 418 g/mol. The zero-order valence-electron chi connectivity index (χ0n) is 17.2. The van der Waals surface area contributed by atoms with Crippen LogP contribution < -0.4 is 15.4 Å². The second-order valence-corrected chi connectivity index (χ2v) is 7.35. The van der Waals surface area contributed by atoms with E-state index in [1.165, 1.54) is 18.1 Å². The van der Waals surface area contributed by atoms with E-state index < -0.39 is 0 Å². The van der Waals surface area contributed by atoms with Crippen LogP contribution in [0.15, 0.2) is 48.9 Å². The molecule has 4 rings (SSSR count). The summed E-state index contributed by atoms with van der Waals surface area (Å²) in [6, 6.07) is 11.9. The number of hydrogen-bond donors (Lipinski definition) is 4. The molecule has 0 radical (unpaired) electrons. The van der Waals surface area contributed by atoms with Gasteiger partial charge in [0.2, 0.25) is 0 Å². The number of benzene rings is 1. The molecule has 0 amide bonds. The van der Waals surface area contributed by atoms with Crippen LogP contribution in [0.5, 0.6) is 5.75 Å². The normalized spacial score (nSPS) is 12.9. The van der Waals surface area contributed by atoms with E-state index in [1.54, 1.807) is 6.20 Å². The first-order valence-electron chi connectivity index (χ1n) is 10.4. The first kappa shape index (κ1) is 20.7. The van der Waals surface area contributed by atoms with Crippen molar-refractivity contribution in [3.05, 3.63) is 60.0 Å². The first-order chi connectivity index (χ1) is 15.3. The molecule has 8 heteroatoms. The number of ether oxygens (including phenoxy) is 1. The smallest absolute Gasteiger partial charge is 0.134 e. The van der Waals surface area contributed by atoms with Crippen LogP contribution in [0.1, 0.15) is 24.0 Å². The number of nitrogens with zero attached hydrogens (tertiary/aromatic N) is 3. The lowest BCUT2D eigenvalue weighted by Gasteiger charge is -2.12. The molecule has 0 unspecified atom stereocenters. The molecule has 31 heavy (non-hydrogen) atoms. The van der Waals surface area contributed by atoms with Gasteiger partial charge in [-0.2, -0.15) is 0 Å². The van der Waals surface area contributed by atoms with Gasteiger partial charge in [0, 0.05) is 42.7 Å². The molecule has 0 bridgehead atoms. The Bertz CT molecular complexity index is 1040. The molecule has 8 nitrogen and oxygen atoms in total. The molecule has 0 saturated heterocycles. The van der Waals surface area contributed by atoms with Crippen LogP contribution in [0.2, 0.25) is 0 Å². The predicted octanol–water partition coefficient (Wildman–Crippen LogP) is 3.14. The van der Waals surface area contributed by atoms with E-state index in [4.69, 9.17) is 15.3 Å². The molecule has 1 fully saturated rings. The number of hydrogen-bond acceptors (Lipinski definition) is 8. The SMILES string of the molecule is N=Cc1cc(-c2cc(NCCc3ccccc3OC3CC3)ncn2)cnc1NCCO. The van der Waals surface area contributed by atoms with Crippen molar-refractivity contribution in [1.29, 1.82) is 5.41 Å². The third-order valence-electron chi connectivity index (χ3n) is 4.93. The van der Waals surface area contributed by atoms with Gasteiger partial charge in [0.05, 0.1) is 18.4 Å². The minimum absolute atomic E-state index is 0.001000. The van der Waals surface area contributed by atoms with E-state index in [2.05, 4.69) is 31.7 Å². The van der Waals surface area contributed by atoms with Crippen molar-refractivity contribution < 1.29 is 9.84 Å². The lowest BCUT2D eigenvalue weighted by molar-refractivity contribution is 0.300. The number of pyridine rings is 1. The Hall–Kier alpha value is -3.52. The zero-order valence-corrected chi connectivity index (χ0v) is 17.2. The summed E-state index contributed by atoms with van der Waals surface area (Å²) in [6.45, 7) is 1.10. The van der Waals surface area contributed by atoms with Gasteiger partial charge in [0.1, 0.15) is 23.7 Å². The third-order valence-corrected chi connectivity index (χ3v) is 4.93. The van der Waals surface area contributed by atoms with E-state index in [9.17, 15) is 0 Å². The molecule has 4 N–H and O–H groups in total. The molecule has 1 aliphatic rings. The van der Waals surface area contributed by atoms with E-state index >= 15 is 0 Å². The summed E-state index contributed by atoms with van der Waals surface area (Å²) in [5.74, 6) is 2.26. The molecule has 1 aromatic carbocycles. The lowest BCUT2D eigenvalue weighted by Crippen LogP contribution is -2.09. The Labute approximate surface area is 181 Å². The number of nitrogens with one attached hydrogen (secondary N) is 3. The van der Waals surface area contributed by atoms with Crippen molar-refractivity contribution in [2.45, 2.75) is 25.4 Å². The summed E-state index contributed by atoms with van der Waals surface area (Å²) >= 11 is 0. The summed E-state index contributed by atoms with van der Waals surface area (Å²) in [5, 5.41) is 23.0. The van der Waals surface area contributed by atoms with Crippen molar-refractivity contribution in [3.63, 3.8) is 0 Å². The fourth-order valence-corrected chi connectivity index (χ4v) is 3.18. The standard InChI is InChI=1S/C23H26N6O2/c24-13-17-11-18(14-27-23(17)26-9-10-30)20-12-22(29-15-28-20)25-8-7-16-3-1-2-4-21(16)31-19-5-6-19/h1-4,11-15,19,24,30H,5-10H2,(H,26,27)(H,25,28,29). The van der Waals surface area contributed by atoms with Crippen LogP contribution in [-0.2, 0) is 6.42 Å². The molecule has 0 spiro atoms. The molecule has 3 aromatic rings. The van der Waals surface area contributed by atoms with Gasteiger partial charge in [0.25, 0.3) is 0 Å². The van der Waals surface area contributed by atoms with Gasteiger partial charge in [-0.25, -0.2) is 15.0 Å². The molecule has 160 valence electrons. The third kappa shape index (κ3) is 5.55. The Morgan fingerprint density at radius 1 is 1.10 bits per heavy atom. The highest BCUT2D eigenvalue weighted by Crippen LogP contribution is 2.29. The molecule has 2 aromatic heterocycles.